The maximum Gasteiger partial charge on any atom is 0.349 e. The van der Waals surface area contributed by atoms with Crippen LogP contribution in [0.15, 0.2) is 23.8 Å². The number of benzene rings is 1. The third kappa shape index (κ3) is 2.14. The Hall–Kier alpha value is -2.61. The molecule has 0 bridgehead atoms. The fourth-order valence-electron chi connectivity index (χ4n) is 3.92. The fourth-order valence-corrected chi connectivity index (χ4v) is 3.92. The predicted octanol–water partition coefficient (Wildman–Crippen LogP) is 3.16. The lowest BCUT2D eigenvalue weighted by atomic mass is 9.80. The topological polar surface area (TPSA) is 70.4 Å². The smallest absolute Gasteiger partial charge is 0.349 e. The normalized spacial score (nSPS) is 22.7. The van der Waals surface area contributed by atoms with E-state index in [1.165, 1.54) is 0 Å². The van der Waals surface area contributed by atoms with E-state index in [0.717, 1.165) is 17.7 Å². The Morgan fingerprint density at radius 2 is 2.17 bits per heavy atom. The van der Waals surface area contributed by atoms with E-state index in [1.54, 1.807) is 17.9 Å². The maximum absolute atomic E-state index is 13.1. The van der Waals surface area contributed by atoms with Gasteiger partial charge in [0.25, 0.3) is 5.91 Å². The van der Waals surface area contributed by atoms with E-state index in [1.807, 2.05) is 32.0 Å². The molecular formula is C19H20N2O3. The van der Waals surface area contributed by atoms with Gasteiger partial charge in [-0.1, -0.05) is 25.1 Å². The first kappa shape index (κ1) is 16.3. The zero-order valence-electron chi connectivity index (χ0n) is 14.3. The van der Waals surface area contributed by atoms with E-state index >= 15 is 0 Å². The van der Waals surface area contributed by atoms with Gasteiger partial charge in [0, 0.05) is 11.1 Å². The van der Waals surface area contributed by atoms with Crippen LogP contribution in [0.5, 0.6) is 0 Å². The standard InChI is InChI=1S/C19H20N2O3/c1-5-24-18(23)14(10-20)15-13-8-6-7-12-11(2)9-19(3,4)21(16(12)13)17(15)22/h6-8,11H,5,9H2,1-4H3/b15-14-/t11-/m1/s1. The molecule has 0 fully saturated rings. The molecule has 1 aromatic rings. The molecule has 1 aromatic carbocycles. The van der Waals surface area contributed by atoms with Crippen LogP contribution < -0.4 is 4.90 Å². The summed E-state index contributed by atoms with van der Waals surface area (Å²) in [6.07, 6.45) is 0.823. The van der Waals surface area contributed by atoms with Gasteiger partial charge in [-0.2, -0.15) is 5.26 Å². The van der Waals surface area contributed by atoms with Crippen molar-refractivity contribution >= 4 is 23.1 Å². The first-order chi connectivity index (χ1) is 11.3. The molecule has 2 aliphatic heterocycles. The van der Waals surface area contributed by atoms with Gasteiger partial charge in [-0.05, 0) is 38.7 Å². The lowest BCUT2D eigenvalue weighted by Gasteiger charge is -2.43. The number of esters is 1. The molecule has 1 atom stereocenters. The summed E-state index contributed by atoms with van der Waals surface area (Å²) in [5, 5.41) is 9.47. The quantitative estimate of drug-likeness (QED) is 0.476. The summed E-state index contributed by atoms with van der Waals surface area (Å²) in [5.74, 6) is -0.739. The van der Waals surface area contributed by atoms with Crippen molar-refractivity contribution in [2.45, 2.75) is 45.6 Å². The largest absolute Gasteiger partial charge is 0.462 e. The molecule has 5 heteroatoms. The highest BCUT2D eigenvalue weighted by Crippen LogP contribution is 2.52. The molecule has 0 saturated heterocycles. The second kappa shape index (κ2) is 5.48. The van der Waals surface area contributed by atoms with Crippen molar-refractivity contribution in [3.8, 4) is 6.07 Å². The summed E-state index contributed by atoms with van der Waals surface area (Å²) in [5.41, 5.74) is 2.13. The average molecular weight is 324 g/mol. The molecule has 0 spiro atoms. The van der Waals surface area contributed by atoms with Crippen molar-refractivity contribution < 1.29 is 14.3 Å². The van der Waals surface area contributed by atoms with E-state index in [-0.39, 0.29) is 29.2 Å². The predicted molar refractivity (Wildman–Crippen MR) is 90.2 cm³/mol. The number of carbonyl (C=O) groups is 2. The van der Waals surface area contributed by atoms with Gasteiger partial charge in [-0.15, -0.1) is 0 Å². The van der Waals surface area contributed by atoms with E-state index < -0.39 is 5.97 Å². The maximum atomic E-state index is 13.1. The molecule has 24 heavy (non-hydrogen) atoms. The van der Waals surface area contributed by atoms with Gasteiger partial charge in [-0.25, -0.2) is 4.79 Å². The monoisotopic (exact) mass is 324 g/mol. The van der Waals surface area contributed by atoms with Crippen LogP contribution in [0.2, 0.25) is 0 Å². The zero-order chi connectivity index (χ0) is 17.6. The summed E-state index contributed by atoms with van der Waals surface area (Å²) < 4.78 is 4.97. The molecule has 0 aromatic heterocycles. The molecule has 3 rings (SSSR count). The number of nitrogens with zero attached hydrogens (tertiary/aromatic N) is 2. The molecule has 2 aliphatic rings. The molecular weight excluding hydrogens is 304 g/mol. The molecule has 0 N–H and O–H groups in total. The highest BCUT2D eigenvalue weighted by atomic mass is 16.5. The number of nitriles is 1. The van der Waals surface area contributed by atoms with Crippen LogP contribution in [0, 0.1) is 11.3 Å². The summed E-state index contributed by atoms with van der Waals surface area (Å²) in [4.78, 5) is 27.0. The number of hydrogen-bond donors (Lipinski definition) is 0. The zero-order valence-corrected chi connectivity index (χ0v) is 14.3. The van der Waals surface area contributed by atoms with Gasteiger partial charge in [0.05, 0.1) is 17.9 Å². The minimum atomic E-state index is -0.744. The minimum absolute atomic E-state index is 0.157. The molecule has 0 saturated carbocycles. The van der Waals surface area contributed by atoms with Crippen LogP contribution in [-0.2, 0) is 14.3 Å². The van der Waals surface area contributed by atoms with E-state index in [2.05, 4.69) is 6.92 Å². The average Bonchev–Trinajstić information content (AvgIpc) is 2.80. The molecule has 2 heterocycles. The first-order valence-corrected chi connectivity index (χ1v) is 8.12. The third-order valence-electron chi connectivity index (χ3n) is 4.76. The van der Waals surface area contributed by atoms with Gasteiger partial charge in [0.2, 0.25) is 0 Å². The highest BCUT2D eigenvalue weighted by Gasteiger charge is 2.48. The van der Waals surface area contributed by atoms with Crippen LogP contribution in [0.3, 0.4) is 0 Å². The summed E-state index contributed by atoms with van der Waals surface area (Å²) >= 11 is 0. The fraction of sp³-hybridized carbons (Fsp3) is 0.421. The Balaban J connectivity index is 2.31. The Morgan fingerprint density at radius 1 is 1.46 bits per heavy atom. The van der Waals surface area contributed by atoms with Gasteiger partial charge >= 0.3 is 5.97 Å². The number of ether oxygens (including phenoxy) is 1. The Kier molecular flexibility index (Phi) is 3.71. The summed E-state index contributed by atoms with van der Waals surface area (Å²) in [7, 11) is 0. The van der Waals surface area contributed by atoms with Crippen molar-refractivity contribution in [3.63, 3.8) is 0 Å². The van der Waals surface area contributed by atoms with Crippen molar-refractivity contribution in [2.24, 2.45) is 0 Å². The third-order valence-corrected chi connectivity index (χ3v) is 4.76. The van der Waals surface area contributed by atoms with Crippen molar-refractivity contribution in [1.82, 2.24) is 0 Å². The number of carbonyl (C=O) groups excluding carboxylic acids is 2. The molecule has 124 valence electrons. The van der Waals surface area contributed by atoms with Crippen LogP contribution in [0.25, 0.3) is 5.57 Å². The van der Waals surface area contributed by atoms with Gasteiger partial charge in [0.15, 0.2) is 5.57 Å². The lowest BCUT2D eigenvalue weighted by Crippen LogP contribution is -2.49. The number of anilines is 1. The van der Waals surface area contributed by atoms with Gasteiger partial charge in [0.1, 0.15) is 6.07 Å². The highest BCUT2D eigenvalue weighted by molar-refractivity contribution is 6.37. The second-order valence-corrected chi connectivity index (χ2v) is 6.88. The van der Waals surface area contributed by atoms with Crippen LogP contribution in [0.4, 0.5) is 5.69 Å². The van der Waals surface area contributed by atoms with Crippen molar-refractivity contribution in [3.05, 3.63) is 34.9 Å². The lowest BCUT2D eigenvalue weighted by molar-refractivity contribution is -0.138. The van der Waals surface area contributed by atoms with Crippen LogP contribution in [-0.4, -0.2) is 24.0 Å². The van der Waals surface area contributed by atoms with Crippen LogP contribution in [0.1, 0.15) is 51.2 Å². The Morgan fingerprint density at radius 3 is 2.79 bits per heavy atom. The number of amides is 1. The SMILES string of the molecule is CCOC(=O)/C(C#N)=C1\C(=O)N2c3c1cccc3[C@H](C)CC2(C)C. The molecule has 0 aliphatic carbocycles. The molecule has 0 radical (unpaired) electrons. The van der Waals surface area contributed by atoms with E-state index in [0.29, 0.717) is 11.5 Å². The van der Waals surface area contributed by atoms with Crippen LogP contribution >= 0.6 is 0 Å². The Bertz CT molecular complexity index is 814. The Labute approximate surface area is 141 Å². The number of rotatable bonds is 2. The summed E-state index contributed by atoms with van der Waals surface area (Å²) in [6.45, 7) is 7.99. The van der Waals surface area contributed by atoms with Crippen molar-refractivity contribution in [1.29, 1.82) is 5.26 Å². The van der Waals surface area contributed by atoms with Crippen molar-refractivity contribution in [2.75, 3.05) is 11.5 Å². The number of para-hydroxylation sites is 1. The minimum Gasteiger partial charge on any atom is -0.462 e. The first-order valence-electron chi connectivity index (χ1n) is 8.12. The summed E-state index contributed by atoms with van der Waals surface area (Å²) in [6, 6.07) is 7.57. The van der Waals surface area contributed by atoms with E-state index in [9.17, 15) is 14.9 Å². The van der Waals surface area contributed by atoms with Gasteiger partial charge < -0.3 is 9.64 Å². The molecule has 1 amide bonds. The molecule has 5 nitrogen and oxygen atoms in total. The second-order valence-electron chi connectivity index (χ2n) is 6.88. The molecule has 0 unspecified atom stereocenters. The number of hydrogen-bond acceptors (Lipinski definition) is 4. The van der Waals surface area contributed by atoms with Gasteiger partial charge in [-0.3, -0.25) is 4.79 Å². The van der Waals surface area contributed by atoms with E-state index in [4.69, 9.17) is 4.74 Å².